The van der Waals surface area contributed by atoms with Crippen LogP contribution in [-0.4, -0.2) is 42.6 Å². The Balaban J connectivity index is 4.27. The SMILES string of the molecule is C=CC[N+](CC)(CC)CCCC(C)NC(=O)C(C)CC(C)(C)C. The molecule has 2 atom stereocenters. The summed E-state index contributed by atoms with van der Waals surface area (Å²) >= 11 is 0. The molecule has 0 saturated heterocycles. The first kappa shape index (κ1) is 22.2. The van der Waals surface area contributed by atoms with Crippen LogP contribution in [0.15, 0.2) is 12.7 Å². The lowest BCUT2D eigenvalue weighted by Crippen LogP contribution is -2.48. The van der Waals surface area contributed by atoms with Crippen molar-refractivity contribution in [1.29, 1.82) is 0 Å². The molecule has 0 aliphatic heterocycles. The van der Waals surface area contributed by atoms with Gasteiger partial charge in [0.15, 0.2) is 0 Å². The maximum Gasteiger partial charge on any atom is 0.223 e. The van der Waals surface area contributed by atoms with Gasteiger partial charge in [-0.15, -0.1) is 0 Å². The molecular formula is C20H41N2O+. The number of amides is 1. The molecule has 0 aromatic carbocycles. The Morgan fingerprint density at radius 1 is 1.22 bits per heavy atom. The van der Waals surface area contributed by atoms with E-state index in [4.69, 9.17) is 0 Å². The highest BCUT2D eigenvalue weighted by molar-refractivity contribution is 5.78. The summed E-state index contributed by atoms with van der Waals surface area (Å²) < 4.78 is 1.10. The third-order valence-corrected chi connectivity index (χ3v) is 4.88. The second-order valence-corrected chi connectivity index (χ2v) is 8.39. The monoisotopic (exact) mass is 325 g/mol. The van der Waals surface area contributed by atoms with Crippen LogP contribution >= 0.6 is 0 Å². The summed E-state index contributed by atoms with van der Waals surface area (Å²) in [5.74, 6) is 0.282. The minimum atomic E-state index is 0.0828. The van der Waals surface area contributed by atoms with E-state index >= 15 is 0 Å². The minimum Gasteiger partial charge on any atom is -0.353 e. The van der Waals surface area contributed by atoms with Gasteiger partial charge in [0, 0.05) is 12.0 Å². The zero-order valence-electron chi connectivity index (χ0n) is 16.7. The van der Waals surface area contributed by atoms with Crippen LogP contribution in [0.3, 0.4) is 0 Å². The van der Waals surface area contributed by atoms with E-state index < -0.39 is 0 Å². The lowest BCUT2D eigenvalue weighted by atomic mass is 9.85. The van der Waals surface area contributed by atoms with Crippen LogP contribution in [0.1, 0.15) is 67.7 Å². The fourth-order valence-corrected chi connectivity index (χ4v) is 3.36. The smallest absolute Gasteiger partial charge is 0.223 e. The fraction of sp³-hybridized carbons (Fsp3) is 0.850. The number of hydrogen-bond acceptors (Lipinski definition) is 1. The summed E-state index contributed by atoms with van der Waals surface area (Å²) in [6.07, 6.45) is 5.15. The first-order valence-electron chi connectivity index (χ1n) is 9.35. The Bertz CT molecular complexity index is 353. The van der Waals surface area contributed by atoms with Crippen molar-refractivity contribution in [2.45, 2.75) is 73.8 Å². The summed E-state index contributed by atoms with van der Waals surface area (Å²) in [6, 6.07) is 0.254. The Kier molecular flexibility index (Phi) is 9.76. The largest absolute Gasteiger partial charge is 0.353 e. The summed E-state index contributed by atoms with van der Waals surface area (Å²) in [4.78, 5) is 12.3. The molecule has 0 fully saturated rings. The molecule has 0 aliphatic rings. The minimum absolute atomic E-state index is 0.0828. The van der Waals surface area contributed by atoms with E-state index in [1.54, 1.807) is 0 Å². The first-order chi connectivity index (χ1) is 10.6. The standard InChI is InChI=1S/C20H40N2O/c1-9-14-22(10-2,11-3)15-12-13-18(5)21-19(23)17(4)16-20(6,7)8/h9,17-18H,1,10-16H2,2-8H3/p+1. The van der Waals surface area contributed by atoms with Gasteiger partial charge in [-0.2, -0.15) is 0 Å². The maximum absolute atomic E-state index is 12.3. The topological polar surface area (TPSA) is 29.1 Å². The summed E-state index contributed by atoms with van der Waals surface area (Å²) in [5.41, 5.74) is 0.198. The molecule has 3 heteroatoms. The van der Waals surface area contributed by atoms with Gasteiger partial charge in [-0.05, 0) is 51.5 Å². The molecule has 2 unspecified atom stereocenters. The van der Waals surface area contributed by atoms with Crippen molar-refractivity contribution in [2.24, 2.45) is 11.3 Å². The van der Waals surface area contributed by atoms with Crippen molar-refractivity contribution < 1.29 is 9.28 Å². The van der Waals surface area contributed by atoms with E-state index in [9.17, 15) is 4.79 Å². The molecule has 0 saturated carbocycles. The van der Waals surface area contributed by atoms with Crippen LogP contribution in [0, 0.1) is 11.3 Å². The highest BCUT2D eigenvalue weighted by Gasteiger charge is 2.23. The third-order valence-electron chi connectivity index (χ3n) is 4.88. The number of nitrogens with zero attached hydrogens (tertiary/aromatic N) is 1. The number of carbonyl (C=O) groups excluding carboxylic acids is 1. The van der Waals surface area contributed by atoms with Gasteiger partial charge in [0.1, 0.15) is 0 Å². The summed E-state index contributed by atoms with van der Waals surface area (Å²) in [6.45, 7) is 23.6. The van der Waals surface area contributed by atoms with Gasteiger partial charge >= 0.3 is 0 Å². The van der Waals surface area contributed by atoms with E-state index in [-0.39, 0.29) is 23.3 Å². The van der Waals surface area contributed by atoms with Gasteiger partial charge in [0.2, 0.25) is 5.91 Å². The van der Waals surface area contributed by atoms with E-state index in [2.05, 4.69) is 53.4 Å². The molecule has 0 aromatic rings. The lowest BCUT2D eigenvalue weighted by molar-refractivity contribution is -0.919. The molecule has 0 rings (SSSR count). The lowest BCUT2D eigenvalue weighted by Gasteiger charge is -2.36. The van der Waals surface area contributed by atoms with Gasteiger partial charge in [0.25, 0.3) is 0 Å². The van der Waals surface area contributed by atoms with Crippen LogP contribution < -0.4 is 5.32 Å². The highest BCUT2D eigenvalue weighted by atomic mass is 16.1. The van der Waals surface area contributed by atoms with Crippen LogP contribution in [0.2, 0.25) is 0 Å². The van der Waals surface area contributed by atoms with Gasteiger partial charge in [-0.3, -0.25) is 4.79 Å². The molecule has 0 bridgehead atoms. The van der Waals surface area contributed by atoms with Crippen molar-refractivity contribution in [1.82, 2.24) is 5.32 Å². The second-order valence-electron chi connectivity index (χ2n) is 8.39. The molecule has 0 radical (unpaired) electrons. The quantitative estimate of drug-likeness (QED) is 0.443. The van der Waals surface area contributed by atoms with Crippen LogP contribution in [0.25, 0.3) is 0 Å². The molecule has 0 heterocycles. The predicted octanol–water partition coefficient (Wildman–Crippen LogP) is 4.39. The average Bonchev–Trinajstić information content (AvgIpc) is 2.44. The molecule has 0 aliphatic carbocycles. The fourth-order valence-electron chi connectivity index (χ4n) is 3.36. The number of carbonyl (C=O) groups is 1. The molecule has 0 aromatic heterocycles. The van der Waals surface area contributed by atoms with Crippen LogP contribution in [0.5, 0.6) is 0 Å². The summed E-state index contributed by atoms with van der Waals surface area (Å²) in [7, 11) is 0. The zero-order chi connectivity index (χ0) is 18.1. The molecular weight excluding hydrogens is 284 g/mol. The molecule has 0 spiro atoms. The van der Waals surface area contributed by atoms with Gasteiger partial charge in [-0.25, -0.2) is 0 Å². The van der Waals surface area contributed by atoms with Crippen molar-refractivity contribution >= 4 is 5.91 Å². The van der Waals surface area contributed by atoms with Crippen molar-refractivity contribution in [3.63, 3.8) is 0 Å². The number of hydrogen-bond donors (Lipinski definition) is 1. The normalized spacial score (nSPS) is 15.1. The van der Waals surface area contributed by atoms with Crippen LogP contribution in [0.4, 0.5) is 0 Å². The Morgan fingerprint density at radius 2 is 1.78 bits per heavy atom. The number of nitrogens with one attached hydrogen (secondary N) is 1. The third kappa shape index (κ3) is 9.14. The van der Waals surface area contributed by atoms with E-state index in [0.29, 0.717) is 0 Å². The average molecular weight is 326 g/mol. The van der Waals surface area contributed by atoms with Gasteiger partial charge in [-0.1, -0.05) is 34.3 Å². The van der Waals surface area contributed by atoms with E-state index in [1.807, 2.05) is 13.0 Å². The van der Waals surface area contributed by atoms with Gasteiger partial charge in [0.05, 0.1) is 26.2 Å². The van der Waals surface area contributed by atoms with E-state index in [0.717, 1.165) is 49.9 Å². The number of likely N-dealkylation sites (N-methyl/N-ethyl adjacent to an activating group) is 1. The maximum atomic E-state index is 12.3. The van der Waals surface area contributed by atoms with Crippen LogP contribution in [-0.2, 0) is 4.79 Å². The molecule has 136 valence electrons. The molecule has 23 heavy (non-hydrogen) atoms. The highest BCUT2D eigenvalue weighted by Crippen LogP contribution is 2.24. The molecule has 1 amide bonds. The first-order valence-corrected chi connectivity index (χ1v) is 9.35. The number of rotatable bonds is 11. The van der Waals surface area contributed by atoms with Crippen molar-refractivity contribution in [3.8, 4) is 0 Å². The molecule has 1 N–H and O–H groups in total. The Morgan fingerprint density at radius 3 is 2.22 bits per heavy atom. The Hall–Kier alpha value is -0.830. The second kappa shape index (κ2) is 10.1. The molecule has 3 nitrogen and oxygen atoms in total. The van der Waals surface area contributed by atoms with Crippen molar-refractivity contribution in [2.75, 3.05) is 26.2 Å². The zero-order valence-corrected chi connectivity index (χ0v) is 16.7. The predicted molar refractivity (Wildman–Crippen MR) is 101 cm³/mol. The number of quaternary nitrogens is 1. The summed E-state index contributed by atoms with van der Waals surface area (Å²) in [5, 5.41) is 3.19. The Labute approximate surface area is 145 Å². The van der Waals surface area contributed by atoms with Crippen molar-refractivity contribution in [3.05, 3.63) is 12.7 Å². The van der Waals surface area contributed by atoms with E-state index in [1.165, 1.54) is 0 Å². The van der Waals surface area contributed by atoms with Gasteiger partial charge < -0.3 is 9.80 Å².